The van der Waals surface area contributed by atoms with E-state index in [0.717, 1.165) is 81.2 Å². The molecular weight excluding hydrogens is 931 g/mol. The summed E-state index contributed by atoms with van der Waals surface area (Å²) < 4.78 is 17.3. The largest absolute Gasteiger partial charge is 0.444 e. The minimum atomic E-state index is -0.527. The van der Waals surface area contributed by atoms with Gasteiger partial charge in [-0.15, -0.1) is 0 Å². The zero-order valence-corrected chi connectivity index (χ0v) is 39.9. The molecule has 64 heavy (non-hydrogen) atoms. The van der Waals surface area contributed by atoms with Crippen molar-refractivity contribution in [3.05, 3.63) is 75.1 Å². The number of benzene rings is 2. The molecule has 8 rings (SSSR count). The van der Waals surface area contributed by atoms with E-state index < -0.39 is 23.0 Å². The molecule has 3 aromatic heterocycles. The van der Waals surface area contributed by atoms with E-state index in [1.54, 1.807) is 21.9 Å². The van der Waals surface area contributed by atoms with Crippen LogP contribution in [-0.2, 0) is 20.8 Å². The number of carbonyl (C=O) groups excluding carboxylic acids is 4. The second-order valence-corrected chi connectivity index (χ2v) is 19.8. The average molecular weight is 991 g/mol. The molecule has 0 aliphatic carbocycles. The van der Waals surface area contributed by atoms with Gasteiger partial charge < -0.3 is 55.2 Å². The Hall–Kier alpha value is -5.60. The summed E-state index contributed by atoms with van der Waals surface area (Å²) in [7, 11) is 4.00. The van der Waals surface area contributed by atoms with Crippen LogP contribution in [0.3, 0.4) is 0 Å². The van der Waals surface area contributed by atoms with Gasteiger partial charge in [0.25, 0.3) is 11.8 Å². The standard InChI is InChI=1S/C28H36N6O4.C18H23IN4O3/c1-28(2,3)38-27(36)34-16-19(17-34)32(4)24-8-6-20(26(29)35)25-21(24)13-23(31-25)22-7-5-18(14-30-22)15-33-9-11-37-12-10-33;1-18(2,3)26-17(25)23-8-10(9-23)22(4)13-6-5-11(16(20)24)15-12(13)7-14(19)21-15/h5-8,13-14,19,31H,9-12,15-17H2,1-4H3,(H2,29,35);5-7,10,21H,8-9H2,1-4H3,(H2,20,24). The molecule has 0 atom stereocenters. The third-order valence-electron chi connectivity index (χ3n) is 11.5. The van der Waals surface area contributed by atoms with E-state index in [1.165, 1.54) is 0 Å². The fourth-order valence-corrected chi connectivity index (χ4v) is 8.56. The van der Waals surface area contributed by atoms with E-state index >= 15 is 0 Å². The minimum absolute atomic E-state index is 0.126. The lowest BCUT2D eigenvalue weighted by atomic mass is 10.0. The number of hydrogen-bond donors (Lipinski definition) is 4. The molecule has 342 valence electrons. The SMILES string of the molecule is CN(c1ccc(C(N)=O)c2[nH]c(-c3ccc(CN4CCOCC4)cn3)cc12)C1CN(C(=O)OC(C)(C)C)C1.CN(c1ccc(C(N)=O)c2[nH]c(I)cc12)C1CN(C(=O)OC(C)(C)C)C1. The van der Waals surface area contributed by atoms with Crippen molar-refractivity contribution >= 4 is 79.8 Å². The molecule has 0 saturated carbocycles. The number of aromatic nitrogens is 3. The number of nitrogens with one attached hydrogen (secondary N) is 2. The molecule has 0 radical (unpaired) electrons. The highest BCUT2D eigenvalue weighted by molar-refractivity contribution is 14.1. The van der Waals surface area contributed by atoms with Crippen LogP contribution in [-0.4, -0.2) is 144 Å². The van der Waals surface area contributed by atoms with Gasteiger partial charge in [-0.05, 0) is 112 Å². The number of pyridine rings is 1. The third-order valence-corrected chi connectivity index (χ3v) is 12.1. The number of anilines is 2. The summed E-state index contributed by atoms with van der Waals surface area (Å²) in [4.78, 5) is 69.7. The molecule has 6 heterocycles. The Kier molecular flexibility index (Phi) is 13.4. The van der Waals surface area contributed by atoms with Crippen LogP contribution in [0.1, 0.15) is 67.8 Å². The molecule has 6 N–H and O–H groups in total. The Bertz CT molecular complexity index is 2530. The zero-order valence-electron chi connectivity index (χ0n) is 37.8. The van der Waals surface area contributed by atoms with E-state index in [4.69, 9.17) is 30.7 Å². The first-order chi connectivity index (χ1) is 30.2. The highest BCUT2D eigenvalue weighted by atomic mass is 127. The lowest BCUT2D eigenvalue weighted by Crippen LogP contribution is -2.61. The summed E-state index contributed by atoms with van der Waals surface area (Å²) in [5.41, 5.74) is 17.2. The average Bonchev–Trinajstić information content (AvgIpc) is 3.79. The molecule has 3 fully saturated rings. The number of likely N-dealkylation sites (N-methyl/N-ethyl adjacent to an activating group) is 2. The number of carbonyl (C=O) groups is 4. The fourth-order valence-electron chi connectivity index (χ4n) is 7.98. The maximum Gasteiger partial charge on any atom is 0.410 e. The summed E-state index contributed by atoms with van der Waals surface area (Å²) in [6.07, 6.45) is 1.31. The Labute approximate surface area is 386 Å². The maximum absolute atomic E-state index is 12.4. The van der Waals surface area contributed by atoms with Gasteiger partial charge in [0.2, 0.25) is 0 Å². The second-order valence-electron chi connectivity index (χ2n) is 18.6. The van der Waals surface area contributed by atoms with Crippen molar-refractivity contribution in [1.82, 2.24) is 29.7 Å². The number of nitrogens with zero attached hydrogens (tertiary/aromatic N) is 6. The highest BCUT2D eigenvalue weighted by Crippen LogP contribution is 2.36. The van der Waals surface area contributed by atoms with Gasteiger partial charge in [-0.25, -0.2) is 9.59 Å². The first kappa shape index (κ1) is 46.4. The number of ether oxygens (including phenoxy) is 3. The molecule has 0 spiro atoms. The first-order valence-electron chi connectivity index (χ1n) is 21.4. The van der Waals surface area contributed by atoms with Crippen molar-refractivity contribution in [2.45, 2.75) is 71.4 Å². The van der Waals surface area contributed by atoms with E-state index in [1.807, 2.05) is 92.2 Å². The normalized spacial score (nSPS) is 16.1. The second kappa shape index (κ2) is 18.5. The molecular formula is C46H59IN10O7. The van der Waals surface area contributed by atoms with Crippen molar-refractivity contribution < 1.29 is 33.4 Å². The molecule has 3 saturated heterocycles. The fraction of sp³-hybridized carbons (Fsp3) is 0.457. The van der Waals surface area contributed by atoms with Gasteiger partial charge in [0.1, 0.15) is 11.2 Å². The Morgan fingerprint density at radius 1 is 0.750 bits per heavy atom. The van der Waals surface area contributed by atoms with Gasteiger partial charge in [-0.1, -0.05) is 6.07 Å². The summed E-state index contributed by atoms with van der Waals surface area (Å²) >= 11 is 2.18. The quantitative estimate of drug-likeness (QED) is 0.123. The van der Waals surface area contributed by atoms with Crippen molar-refractivity contribution in [2.75, 3.05) is 76.4 Å². The lowest BCUT2D eigenvalue weighted by Gasteiger charge is -2.45. The molecule has 4 amide bonds. The molecule has 17 nitrogen and oxygen atoms in total. The van der Waals surface area contributed by atoms with Crippen LogP contribution in [0.15, 0.2) is 54.7 Å². The Morgan fingerprint density at radius 3 is 1.69 bits per heavy atom. The number of H-pyrrole nitrogens is 2. The maximum atomic E-state index is 12.4. The lowest BCUT2D eigenvalue weighted by molar-refractivity contribution is 0.00762. The van der Waals surface area contributed by atoms with Crippen LogP contribution in [0.25, 0.3) is 33.2 Å². The number of hydrogen-bond acceptors (Lipinski definition) is 11. The summed E-state index contributed by atoms with van der Waals surface area (Å²) in [5, 5.41) is 1.83. The van der Waals surface area contributed by atoms with Crippen molar-refractivity contribution in [3.8, 4) is 11.4 Å². The van der Waals surface area contributed by atoms with Crippen molar-refractivity contribution in [2.24, 2.45) is 11.5 Å². The van der Waals surface area contributed by atoms with Crippen LogP contribution in [0.2, 0.25) is 0 Å². The number of amides is 4. The smallest absolute Gasteiger partial charge is 0.410 e. The molecule has 2 aromatic carbocycles. The molecule has 3 aliphatic heterocycles. The van der Waals surface area contributed by atoms with Gasteiger partial charge in [0.05, 0.1) is 62.5 Å². The van der Waals surface area contributed by atoms with Crippen molar-refractivity contribution in [1.29, 1.82) is 0 Å². The van der Waals surface area contributed by atoms with Gasteiger partial charge in [0, 0.05) is 88.3 Å². The number of morpholine rings is 1. The van der Waals surface area contributed by atoms with Gasteiger partial charge in [-0.2, -0.15) is 0 Å². The molecule has 0 bridgehead atoms. The van der Waals surface area contributed by atoms with E-state index in [0.29, 0.717) is 42.8 Å². The molecule has 3 aliphatic rings. The summed E-state index contributed by atoms with van der Waals surface area (Å²) in [6.45, 7) is 17.7. The Balaban J connectivity index is 0.000000206. The van der Waals surface area contributed by atoms with Crippen LogP contribution < -0.4 is 21.3 Å². The number of rotatable bonds is 9. The molecule has 5 aromatic rings. The highest BCUT2D eigenvalue weighted by Gasteiger charge is 2.38. The topological polar surface area (TPSA) is 209 Å². The first-order valence-corrected chi connectivity index (χ1v) is 22.5. The summed E-state index contributed by atoms with van der Waals surface area (Å²) in [6, 6.07) is 15.7. The van der Waals surface area contributed by atoms with Crippen LogP contribution in [0.4, 0.5) is 21.0 Å². The minimum Gasteiger partial charge on any atom is -0.444 e. The van der Waals surface area contributed by atoms with E-state index in [-0.39, 0.29) is 24.3 Å². The van der Waals surface area contributed by atoms with E-state index in [9.17, 15) is 19.2 Å². The summed E-state index contributed by atoms with van der Waals surface area (Å²) in [5.74, 6) is -0.951. The predicted octanol–water partition coefficient (Wildman–Crippen LogP) is 6.14. The number of aromatic amines is 2. The van der Waals surface area contributed by atoms with Gasteiger partial charge >= 0.3 is 12.2 Å². The Morgan fingerprint density at radius 2 is 1.23 bits per heavy atom. The number of likely N-dealkylation sites (tertiary alicyclic amines) is 2. The van der Waals surface area contributed by atoms with Crippen LogP contribution in [0.5, 0.6) is 0 Å². The van der Waals surface area contributed by atoms with E-state index in [2.05, 4.69) is 53.3 Å². The van der Waals surface area contributed by atoms with Crippen molar-refractivity contribution in [3.63, 3.8) is 0 Å². The molecule has 0 unspecified atom stereocenters. The number of nitrogens with two attached hydrogens (primary N) is 2. The third kappa shape index (κ3) is 10.5. The number of halogens is 1. The van der Waals surface area contributed by atoms with Gasteiger partial charge in [-0.3, -0.25) is 19.5 Å². The van der Waals surface area contributed by atoms with Gasteiger partial charge in [0.15, 0.2) is 0 Å². The van der Waals surface area contributed by atoms with Crippen LogP contribution in [0, 0.1) is 3.70 Å². The number of fused-ring (bicyclic) bond motifs is 2. The number of primary amides is 2. The predicted molar refractivity (Wildman–Crippen MR) is 256 cm³/mol. The molecule has 18 heteroatoms. The zero-order chi connectivity index (χ0) is 46.2. The van der Waals surface area contributed by atoms with Crippen LogP contribution >= 0.6 is 22.6 Å². The monoisotopic (exact) mass is 990 g/mol.